The van der Waals surface area contributed by atoms with Gasteiger partial charge in [0.25, 0.3) is 0 Å². The first kappa shape index (κ1) is 26.5. The maximum Gasteiger partial charge on any atom is 0.165 e. The van der Waals surface area contributed by atoms with Crippen molar-refractivity contribution in [2.75, 3.05) is 37.0 Å². The van der Waals surface area contributed by atoms with Gasteiger partial charge in [0.2, 0.25) is 0 Å². The van der Waals surface area contributed by atoms with Gasteiger partial charge in [-0.15, -0.1) is 0 Å². The largest absolute Gasteiger partial charge is 0.497 e. The zero-order valence-corrected chi connectivity index (χ0v) is 23.6. The Morgan fingerprint density at radius 3 is 2.55 bits per heavy atom. The molecule has 8 nitrogen and oxygen atoms in total. The summed E-state index contributed by atoms with van der Waals surface area (Å²) >= 11 is 13.3. The molecule has 1 fully saturated rings. The number of rotatable bonds is 8. The van der Waals surface area contributed by atoms with Gasteiger partial charge in [0.15, 0.2) is 5.65 Å². The number of benzene rings is 1. The Kier molecular flexibility index (Phi) is 7.93. The van der Waals surface area contributed by atoms with Gasteiger partial charge in [-0.2, -0.15) is 9.61 Å². The molecule has 4 aromatic rings. The highest BCUT2D eigenvalue weighted by Crippen LogP contribution is 2.41. The number of aromatic nitrogens is 4. The summed E-state index contributed by atoms with van der Waals surface area (Å²) in [6.45, 7) is 8.79. The van der Waals surface area contributed by atoms with Crippen LogP contribution in [0.15, 0.2) is 42.6 Å². The zero-order chi connectivity index (χ0) is 26.8. The van der Waals surface area contributed by atoms with E-state index in [-0.39, 0.29) is 0 Å². The Labute approximate surface area is 233 Å². The smallest absolute Gasteiger partial charge is 0.165 e. The van der Waals surface area contributed by atoms with Gasteiger partial charge in [-0.1, -0.05) is 29.3 Å². The van der Waals surface area contributed by atoms with Crippen LogP contribution in [-0.4, -0.2) is 58.4 Å². The van der Waals surface area contributed by atoms with Crippen molar-refractivity contribution in [3.8, 4) is 16.9 Å². The minimum atomic E-state index is 0.439. The van der Waals surface area contributed by atoms with Crippen molar-refractivity contribution in [2.24, 2.45) is 0 Å². The quantitative estimate of drug-likeness (QED) is 0.267. The number of anilines is 2. The second kappa shape index (κ2) is 11.4. The van der Waals surface area contributed by atoms with Crippen molar-refractivity contribution >= 4 is 40.5 Å². The van der Waals surface area contributed by atoms with Crippen LogP contribution >= 0.6 is 23.2 Å². The maximum absolute atomic E-state index is 6.63. The molecule has 0 amide bonds. The predicted molar refractivity (Wildman–Crippen MR) is 155 cm³/mol. The van der Waals surface area contributed by atoms with E-state index in [9.17, 15) is 0 Å². The summed E-state index contributed by atoms with van der Waals surface area (Å²) in [5, 5.41) is 13.0. The number of hydrogen-bond acceptors (Lipinski definition) is 7. The number of fused-ring (bicyclic) bond motifs is 1. The number of ether oxygens (including phenoxy) is 1. The lowest BCUT2D eigenvalue weighted by molar-refractivity contribution is 0.371. The highest BCUT2D eigenvalue weighted by atomic mass is 35.5. The predicted octanol–water partition coefficient (Wildman–Crippen LogP) is 5.78. The van der Waals surface area contributed by atoms with Crippen molar-refractivity contribution in [3.63, 3.8) is 0 Å². The van der Waals surface area contributed by atoms with E-state index in [2.05, 4.69) is 33.5 Å². The van der Waals surface area contributed by atoms with Crippen LogP contribution in [0.3, 0.4) is 0 Å². The molecule has 5 rings (SSSR count). The summed E-state index contributed by atoms with van der Waals surface area (Å²) in [5.41, 5.74) is 3.92. The molecule has 1 aromatic carbocycles. The lowest BCUT2D eigenvalue weighted by Crippen LogP contribution is -2.48. The third-order valence-corrected chi connectivity index (χ3v) is 7.67. The van der Waals surface area contributed by atoms with Gasteiger partial charge in [0.05, 0.1) is 28.4 Å². The first-order valence-corrected chi connectivity index (χ1v) is 13.7. The molecule has 2 atom stereocenters. The van der Waals surface area contributed by atoms with Gasteiger partial charge in [-0.05, 0) is 57.9 Å². The van der Waals surface area contributed by atoms with E-state index >= 15 is 0 Å². The van der Waals surface area contributed by atoms with E-state index in [1.165, 1.54) is 0 Å². The minimum absolute atomic E-state index is 0.439. The van der Waals surface area contributed by atoms with Crippen LogP contribution < -0.4 is 20.3 Å². The zero-order valence-electron chi connectivity index (χ0n) is 22.1. The maximum atomic E-state index is 6.63. The molecule has 0 spiro atoms. The standard InChI is InChI=1S/C28H33Cl2N7O/c1-17-13-25(33-11-10-31-20-8-12-36(18(2)14-20)24-7-5-6-9-32-24)37-28(34-17)26(19(3)35-37)27-22(29)15-21(38-4)16-23(27)30/h5-7,9,13,15-16,18,20,31,33H,8,10-12,14H2,1-4H3. The lowest BCUT2D eigenvalue weighted by atomic mass is 9.98. The van der Waals surface area contributed by atoms with Gasteiger partial charge in [-0.25, -0.2) is 9.97 Å². The molecule has 0 radical (unpaired) electrons. The van der Waals surface area contributed by atoms with Crippen LogP contribution in [0.5, 0.6) is 5.75 Å². The Morgan fingerprint density at radius 1 is 1.08 bits per heavy atom. The first-order chi connectivity index (χ1) is 18.4. The molecule has 1 saturated heterocycles. The van der Waals surface area contributed by atoms with Crippen molar-refractivity contribution in [1.82, 2.24) is 24.9 Å². The highest BCUT2D eigenvalue weighted by molar-refractivity contribution is 6.39. The number of nitrogens with zero attached hydrogens (tertiary/aromatic N) is 5. The second-order valence-corrected chi connectivity index (χ2v) is 10.6. The van der Waals surface area contributed by atoms with Gasteiger partial charge >= 0.3 is 0 Å². The second-order valence-electron chi connectivity index (χ2n) is 9.78. The molecule has 38 heavy (non-hydrogen) atoms. The van der Waals surface area contributed by atoms with E-state index < -0.39 is 0 Å². The van der Waals surface area contributed by atoms with E-state index in [1.54, 1.807) is 19.2 Å². The molecule has 0 saturated carbocycles. The number of piperidine rings is 1. The number of aryl methyl sites for hydroxylation is 2. The van der Waals surface area contributed by atoms with E-state index in [1.807, 2.05) is 42.8 Å². The Morgan fingerprint density at radius 2 is 1.87 bits per heavy atom. The lowest BCUT2D eigenvalue weighted by Gasteiger charge is -2.38. The number of pyridine rings is 1. The minimum Gasteiger partial charge on any atom is -0.497 e. The molecule has 3 aromatic heterocycles. The van der Waals surface area contributed by atoms with Crippen LogP contribution in [0.25, 0.3) is 16.8 Å². The van der Waals surface area contributed by atoms with Crippen molar-refractivity contribution < 1.29 is 4.74 Å². The summed E-state index contributed by atoms with van der Waals surface area (Å²) in [5.74, 6) is 2.54. The third kappa shape index (κ3) is 5.39. The molecule has 0 bridgehead atoms. The molecule has 0 aliphatic carbocycles. The highest BCUT2D eigenvalue weighted by Gasteiger charge is 2.26. The molecule has 10 heteroatoms. The SMILES string of the molecule is COc1cc(Cl)c(-c2c(C)nn3c(NCCNC4CCN(c5ccccn5)C(C)C4)cc(C)nc23)c(Cl)c1. The van der Waals surface area contributed by atoms with Crippen LogP contribution in [0.1, 0.15) is 31.2 Å². The molecule has 2 unspecified atom stereocenters. The monoisotopic (exact) mass is 553 g/mol. The molecule has 200 valence electrons. The molecule has 1 aliphatic heterocycles. The van der Waals surface area contributed by atoms with Gasteiger partial charge in [0.1, 0.15) is 17.4 Å². The third-order valence-electron chi connectivity index (χ3n) is 7.08. The summed E-state index contributed by atoms with van der Waals surface area (Å²) in [6.07, 6.45) is 4.03. The number of halogens is 2. The topological polar surface area (TPSA) is 79.6 Å². The van der Waals surface area contributed by atoms with Crippen molar-refractivity contribution in [3.05, 3.63) is 64.0 Å². The van der Waals surface area contributed by atoms with Crippen molar-refractivity contribution in [2.45, 2.75) is 45.7 Å². The average Bonchev–Trinajstić information content (AvgIpc) is 3.22. The Bertz CT molecular complexity index is 1400. The number of methoxy groups -OCH3 is 1. The Balaban J connectivity index is 1.27. The van der Waals surface area contributed by atoms with E-state index in [0.717, 1.165) is 61.1 Å². The van der Waals surface area contributed by atoms with Crippen LogP contribution in [0, 0.1) is 13.8 Å². The summed E-state index contributed by atoms with van der Waals surface area (Å²) in [7, 11) is 1.59. The fourth-order valence-corrected chi connectivity index (χ4v) is 5.91. The van der Waals surface area contributed by atoms with Crippen LogP contribution in [0.2, 0.25) is 10.0 Å². The number of hydrogen-bond donors (Lipinski definition) is 2. The summed E-state index contributed by atoms with van der Waals surface area (Å²) in [4.78, 5) is 11.7. The van der Waals surface area contributed by atoms with Gasteiger partial charge in [-0.3, -0.25) is 0 Å². The van der Waals surface area contributed by atoms with Gasteiger partial charge < -0.3 is 20.3 Å². The first-order valence-electron chi connectivity index (χ1n) is 12.9. The molecule has 4 heterocycles. The van der Waals surface area contributed by atoms with Crippen LogP contribution in [-0.2, 0) is 0 Å². The van der Waals surface area contributed by atoms with E-state index in [0.29, 0.717) is 39.1 Å². The van der Waals surface area contributed by atoms with Gasteiger partial charge in [0, 0.05) is 55.2 Å². The average molecular weight is 555 g/mol. The van der Waals surface area contributed by atoms with Crippen LogP contribution in [0.4, 0.5) is 11.6 Å². The van der Waals surface area contributed by atoms with E-state index in [4.69, 9.17) is 38.0 Å². The number of nitrogens with one attached hydrogen (secondary N) is 2. The summed E-state index contributed by atoms with van der Waals surface area (Å²) < 4.78 is 7.14. The fraction of sp³-hybridized carbons (Fsp3) is 0.393. The Hall–Kier alpha value is -3.07. The molecular weight excluding hydrogens is 521 g/mol. The molecule has 2 N–H and O–H groups in total. The van der Waals surface area contributed by atoms with Crippen molar-refractivity contribution in [1.29, 1.82) is 0 Å². The molecular formula is C28H33Cl2N7O. The fourth-order valence-electron chi connectivity index (χ4n) is 5.26. The molecule has 1 aliphatic rings. The normalized spacial score (nSPS) is 17.7. The summed E-state index contributed by atoms with van der Waals surface area (Å²) in [6, 6.07) is 12.5.